The molecule has 1 heterocycles. The highest BCUT2D eigenvalue weighted by molar-refractivity contribution is 9.10. The topological polar surface area (TPSA) is 54.8 Å². The fourth-order valence-corrected chi connectivity index (χ4v) is 4.01. The minimum Gasteiger partial charge on any atom is -0.497 e. The number of carbonyl (C=O) groups is 1. The van der Waals surface area contributed by atoms with E-state index in [1.807, 2.05) is 61.5 Å². The number of aryl methyl sites for hydroxylation is 1. The van der Waals surface area contributed by atoms with Crippen molar-refractivity contribution in [3.05, 3.63) is 87.9 Å². The lowest BCUT2D eigenvalue weighted by Crippen LogP contribution is -2.25. The van der Waals surface area contributed by atoms with Crippen LogP contribution in [0.1, 0.15) is 21.5 Å². The molecule has 0 bridgehead atoms. The van der Waals surface area contributed by atoms with Gasteiger partial charge in [-0.15, -0.1) is 0 Å². The molecule has 4 rings (SSSR count). The number of halogens is 1. The van der Waals surface area contributed by atoms with Crippen molar-refractivity contribution >= 4 is 54.7 Å². The maximum Gasteiger partial charge on any atom is 0.280 e. The van der Waals surface area contributed by atoms with Crippen molar-refractivity contribution in [2.75, 3.05) is 12.1 Å². The SMILES string of the molecule is COc1ccc2nc(N(/N=C/c3ccc(Br)cc3)C(=O)c3ccc(C)cc3)sc2c1. The van der Waals surface area contributed by atoms with Crippen molar-refractivity contribution in [3.8, 4) is 5.75 Å². The van der Waals surface area contributed by atoms with Gasteiger partial charge in [-0.1, -0.05) is 57.1 Å². The van der Waals surface area contributed by atoms with E-state index in [1.54, 1.807) is 25.5 Å². The number of fused-ring (bicyclic) bond motifs is 1. The number of hydrazone groups is 1. The fraction of sp³-hybridized carbons (Fsp3) is 0.0870. The Hall–Kier alpha value is -3.03. The largest absolute Gasteiger partial charge is 0.497 e. The third-order valence-electron chi connectivity index (χ3n) is 4.45. The second-order valence-corrected chi connectivity index (χ2v) is 8.53. The number of aromatic nitrogens is 1. The highest BCUT2D eigenvalue weighted by Crippen LogP contribution is 2.32. The minimum absolute atomic E-state index is 0.241. The zero-order chi connectivity index (χ0) is 21.1. The third-order valence-corrected chi connectivity index (χ3v) is 5.97. The molecular formula is C23H18BrN3O2S. The number of thiazole rings is 1. The monoisotopic (exact) mass is 479 g/mol. The molecular weight excluding hydrogens is 462 g/mol. The number of ether oxygens (including phenoxy) is 1. The molecule has 7 heteroatoms. The lowest BCUT2D eigenvalue weighted by atomic mass is 10.1. The average Bonchev–Trinajstić information content (AvgIpc) is 3.18. The van der Waals surface area contributed by atoms with Gasteiger partial charge >= 0.3 is 0 Å². The maximum absolute atomic E-state index is 13.3. The number of benzene rings is 3. The van der Waals surface area contributed by atoms with E-state index in [0.717, 1.165) is 31.6 Å². The summed E-state index contributed by atoms with van der Waals surface area (Å²) in [6, 6.07) is 20.8. The predicted octanol–water partition coefficient (Wildman–Crippen LogP) is 6.06. The Bertz CT molecular complexity index is 1220. The molecule has 0 saturated heterocycles. The summed E-state index contributed by atoms with van der Waals surface area (Å²) < 4.78 is 7.20. The molecule has 0 aliphatic heterocycles. The lowest BCUT2D eigenvalue weighted by Gasteiger charge is -2.14. The first-order valence-corrected chi connectivity index (χ1v) is 10.8. The zero-order valence-electron chi connectivity index (χ0n) is 16.4. The van der Waals surface area contributed by atoms with Gasteiger partial charge < -0.3 is 4.74 Å². The smallest absolute Gasteiger partial charge is 0.280 e. The molecule has 150 valence electrons. The van der Waals surface area contributed by atoms with E-state index in [4.69, 9.17) is 4.74 Å². The summed E-state index contributed by atoms with van der Waals surface area (Å²) in [6.07, 6.45) is 1.66. The molecule has 0 spiro atoms. The number of nitrogens with zero attached hydrogens (tertiary/aromatic N) is 3. The highest BCUT2D eigenvalue weighted by atomic mass is 79.9. The van der Waals surface area contributed by atoms with Gasteiger partial charge in [-0.2, -0.15) is 10.1 Å². The van der Waals surface area contributed by atoms with Gasteiger partial charge in [0.15, 0.2) is 0 Å². The number of hydrogen-bond donors (Lipinski definition) is 0. The Balaban J connectivity index is 1.75. The molecule has 1 aromatic heterocycles. The summed E-state index contributed by atoms with van der Waals surface area (Å²) in [6.45, 7) is 1.98. The number of carbonyl (C=O) groups excluding carboxylic acids is 1. The molecule has 30 heavy (non-hydrogen) atoms. The third kappa shape index (κ3) is 4.42. The number of rotatable bonds is 5. The molecule has 0 fully saturated rings. The van der Waals surface area contributed by atoms with Crippen LogP contribution in [-0.4, -0.2) is 24.2 Å². The van der Waals surface area contributed by atoms with Crippen LogP contribution in [0.4, 0.5) is 5.13 Å². The first-order chi connectivity index (χ1) is 14.5. The van der Waals surface area contributed by atoms with Crippen molar-refractivity contribution in [1.82, 2.24) is 4.98 Å². The molecule has 1 amide bonds. The second-order valence-electron chi connectivity index (χ2n) is 6.61. The summed E-state index contributed by atoms with van der Waals surface area (Å²) in [4.78, 5) is 17.9. The van der Waals surface area contributed by atoms with Gasteiger partial charge in [0.25, 0.3) is 5.91 Å². The van der Waals surface area contributed by atoms with Crippen LogP contribution in [0.2, 0.25) is 0 Å². The van der Waals surface area contributed by atoms with Crippen LogP contribution >= 0.6 is 27.3 Å². The molecule has 0 aliphatic rings. The van der Waals surface area contributed by atoms with Crippen molar-refractivity contribution in [2.24, 2.45) is 5.10 Å². The van der Waals surface area contributed by atoms with E-state index >= 15 is 0 Å². The van der Waals surface area contributed by atoms with Crippen molar-refractivity contribution in [3.63, 3.8) is 0 Å². The highest BCUT2D eigenvalue weighted by Gasteiger charge is 2.21. The number of amides is 1. The fourth-order valence-electron chi connectivity index (χ4n) is 2.79. The van der Waals surface area contributed by atoms with Crippen LogP contribution in [0.25, 0.3) is 10.2 Å². The molecule has 5 nitrogen and oxygen atoms in total. The Morgan fingerprint density at radius 1 is 1.10 bits per heavy atom. The van der Waals surface area contributed by atoms with E-state index < -0.39 is 0 Å². The summed E-state index contributed by atoms with van der Waals surface area (Å²) >= 11 is 4.82. The van der Waals surface area contributed by atoms with E-state index in [0.29, 0.717) is 10.7 Å². The van der Waals surface area contributed by atoms with Crippen LogP contribution < -0.4 is 9.75 Å². The zero-order valence-corrected chi connectivity index (χ0v) is 18.8. The van der Waals surface area contributed by atoms with Crippen LogP contribution in [0.5, 0.6) is 5.75 Å². The molecule has 0 N–H and O–H groups in total. The first kappa shape index (κ1) is 20.3. The molecule has 3 aromatic carbocycles. The van der Waals surface area contributed by atoms with Crippen LogP contribution in [0.15, 0.2) is 76.3 Å². The molecule has 0 saturated carbocycles. The first-order valence-electron chi connectivity index (χ1n) is 9.19. The van der Waals surface area contributed by atoms with Gasteiger partial charge in [0.05, 0.1) is 23.5 Å². The Morgan fingerprint density at radius 3 is 2.53 bits per heavy atom. The minimum atomic E-state index is -0.241. The summed E-state index contributed by atoms with van der Waals surface area (Å²) in [5.41, 5.74) is 3.30. The Kier molecular flexibility index (Phi) is 5.92. The van der Waals surface area contributed by atoms with E-state index in [-0.39, 0.29) is 5.91 Å². The van der Waals surface area contributed by atoms with Crippen molar-refractivity contribution in [2.45, 2.75) is 6.92 Å². The van der Waals surface area contributed by atoms with Crippen molar-refractivity contribution < 1.29 is 9.53 Å². The Morgan fingerprint density at radius 2 is 1.83 bits per heavy atom. The molecule has 4 aromatic rings. The van der Waals surface area contributed by atoms with Gasteiger partial charge in [-0.3, -0.25) is 4.79 Å². The van der Waals surface area contributed by atoms with Gasteiger partial charge in [-0.05, 0) is 55.0 Å². The van der Waals surface area contributed by atoms with E-state index in [9.17, 15) is 4.79 Å². The van der Waals surface area contributed by atoms with Gasteiger partial charge in [-0.25, -0.2) is 4.98 Å². The molecule has 0 atom stereocenters. The van der Waals surface area contributed by atoms with Crippen LogP contribution in [-0.2, 0) is 0 Å². The second kappa shape index (κ2) is 8.77. The number of methoxy groups -OCH3 is 1. The number of hydrogen-bond acceptors (Lipinski definition) is 5. The van der Waals surface area contributed by atoms with Gasteiger partial charge in [0, 0.05) is 10.0 Å². The summed E-state index contributed by atoms with van der Waals surface area (Å²) in [5, 5.41) is 6.34. The van der Waals surface area contributed by atoms with Crippen molar-refractivity contribution in [1.29, 1.82) is 0 Å². The summed E-state index contributed by atoms with van der Waals surface area (Å²) in [5.74, 6) is 0.502. The van der Waals surface area contributed by atoms with Gasteiger partial charge in [0.1, 0.15) is 5.75 Å². The maximum atomic E-state index is 13.3. The van der Waals surface area contributed by atoms with Crippen LogP contribution in [0, 0.1) is 6.92 Å². The standard InChI is InChI=1S/C23H18BrN3O2S/c1-15-3-7-17(8-4-15)22(28)27(25-14-16-5-9-18(24)10-6-16)23-26-20-12-11-19(29-2)13-21(20)30-23/h3-14H,1-2H3/b25-14+. The normalized spacial score (nSPS) is 11.2. The predicted molar refractivity (Wildman–Crippen MR) is 126 cm³/mol. The Labute approximate surface area is 186 Å². The lowest BCUT2D eigenvalue weighted by molar-refractivity contribution is 0.0988. The van der Waals surface area contributed by atoms with E-state index in [1.165, 1.54) is 16.3 Å². The molecule has 0 radical (unpaired) electrons. The number of anilines is 1. The molecule has 0 unspecified atom stereocenters. The van der Waals surface area contributed by atoms with Gasteiger partial charge in [0.2, 0.25) is 5.13 Å². The summed E-state index contributed by atoms with van der Waals surface area (Å²) in [7, 11) is 1.62. The van der Waals surface area contributed by atoms with Crippen LogP contribution in [0.3, 0.4) is 0 Å². The van der Waals surface area contributed by atoms with E-state index in [2.05, 4.69) is 26.0 Å². The average molecular weight is 480 g/mol. The quantitative estimate of drug-likeness (QED) is 0.258. The molecule has 0 aliphatic carbocycles.